The summed E-state index contributed by atoms with van der Waals surface area (Å²) < 4.78 is 5.05. The summed E-state index contributed by atoms with van der Waals surface area (Å²) in [4.78, 5) is 11.4. The van der Waals surface area contributed by atoms with Crippen LogP contribution in [-0.4, -0.2) is 11.7 Å². The number of carbonyl (C=O) groups is 1. The van der Waals surface area contributed by atoms with Crippen LogP contribution in [0.4, 0.5) is 10.5 Å². The topological polar surface area (TPSA) is 87.7 Å². The van der Waals surface area contributed by atoms with Crippen molar-refractivity contribution in [1.29, 1.82) is 0 Å². The molecular formula is C12H15ClN2O4-2. The maximum absolute atomic E-state index is 11.4. The third kappa shape index (κ3) is 5.34. The first-order valence-electron chi connectivity index (χ1n) is 5.59. The molecule has 1 aromatic rings. The SMILES string of the molecule is CC(C)(C)OC(=O)NCc1ccc(Cl)c(N([O-])[O-])c1. The first kappa shape index (κ1) is 15.6. The fourth-order valence-corrected chi connectivity index (χ4v) is 1.48. The predicted molar refractivity (Wildman–Crippen MR) is 73.7 cm³/mol. The highest BCUT2D eigenvalue weighted by Gasteiger charge is 2.15. The first-order valence-corrected chi connectivity index (χ1v) is 5.96. The van der Waals surface area contributed by atoms with Gasteiger partial charge in [0, 0.05) is 12.2 Å². The average Bonchev–Trinajstić information content (AvgIpc) is 2.25. The molecule has 0 radical (unpaired) electrons. The Morgan fingerprint density at radius 1 is 1.42 bits per heavy atom. The van der Waals surface area contributed by atoms with Gasteiger partial charge in [0.1, 0.15) is 5.60 Å². The van der Waals surface area contributed by atoms with Gasteiger partial charge in [-0.25, -0.2) is 4.79 Å². The highest BCUT2D eigenvalue weighted by atomic mass is 35.5. The van der Waals surface area contributed by atoms with E-state index in [4.69, 9.17) is 16.3 Å². The van der Waals surface area contributed by atoms with Crippen LogP contribution in [0.25, 0.3) is 0 Å². The van der Waals surface area contributed by atoms with Gasteiger partial charge >= 0.3 is 6.09 Å². The van der Waals surface area contributed by atoms with Crippen LogP contribution in [0, 0.1) is 10.4 Å². The van der Waals surface area contributed by atoms with Gasteiger partial charge in [0.2, 0.25) is 0 Å². The van der Waals surface area contributed by atoms with Crippen LogP contribution in [0.15, 0.2) is 18.2 Å². The van der Waals surface area contributed by atoms with Crippen molar-refractivity contribution in [2.24, 2.45) is 0 Å². The van der Waals surface area contributed by atoms with Crippen LogP contribution in [0.5, 0.6) is 0 Å². The quantitative estimate of drug-likeness (QED) is 0.862. The summed E-state index contributed by atoms with van der Waals surface area (Å²) in [7, 11) is 0. The van der Waals surface area contributed by atoms with E-state index in [-0.39, 0.29) is 17.3 Å². The molecule has 0 atom stereocenters. The molecule has 0 saturated carbocycles. The van der Waals surface area contributed by atoms with E-state index in [1.807, 2.05) is 0 Å². The number of hydrogen-bond donors (Lipinski definition) is 1. The summed E-state index contributed by atoms with van der Waals surface area (Å²) in [6, 6.07) is 4.35. The van der Waals surface area contributed by atoms with Crippen LogP contribution in [0.3, 0.4) is 0 Å². The normalized spacial score (nSPS) is 11.1. The van der Waals surface area contributed by atoms with Crippen molar-refractivity contribution < 1.29 is 9.53 Å². The van der Waals surface area contributed by atoms with E-state index in [9.17, 15) is 15.2 Å². The van der Waals surface area contributed by atoms with Gasteiger partial charge in [-0.15, -0.1) is 0 Å². The van der Waals surface area contributed by atoms with E-state index in [1.54, 1.807) is 26.8 Å². The summed E-state index contributed by atoms with van der Waals surface area (Å²) in [5, 5.41) is 23.4. The molecule has 7 heteroatoms. The van der Waals surface area contributed by atoms with E-state index in [2.05, 4.69) is 5.32 Å². The van der Waals surface area contributed by atoms with Crippen molar-refractivity contribution in [3.05, 3.63) is 39.2 Å². The van der Waals surface area contributed by atoms with Crippen LogP contribution < -0.4 is 10.5 Å². The number of amides is 1. The molecule has 1 N–H and O–H groups in total. The Bertz CT molecular complexity index is 458. The minimum Gasteiger partial charge on any atom is -0.769 e. The Morgan fingerprint density at radius 2 is 2.05 bits per heavy atom. The third-order valence-electron chi connectivity index (χ3n) is 2.04. The molecule has 0 fully saturated rings. The fraction of sp³-hybridized carbons (Fsp3) is 0.417. The number of rotatable bonds is 3. The molecular weight excluding hydrogens is 272 g/mol. The number of nitrogens with one attached hydrogen (secondary N) is 1. The minimum absolute atomic E-state index is 0.0611. The number of carbonyl (C=O) groups excluding carboxylic acids is 1. The molecule has 0 unspecified atom stereocenters. The zero-order chi connectivity index (χ0) is 14.6. The van der Waals surface area contributed by atoms with E-state index in [1.165, 1.54) is 12.1 Å². The maximum Gasteiger partial charge on any atom is 0.407 e. The molecule has 106 valence electrons. The van der Waals surface area contributed by atoms with Gasteiger partial charge in [-0.3, -0.25) is 0 Å². The number of alkyl carbamates (subject to hydrolysis) is 1. The Balaban J connectivity index is 2.64. The Labute approximate surface area is 116 Å². The number of anilines is 1. The van der Waals surface area contributed by atoms with Gasteiger partial charge in [-0.1, -0.05) is 17.7 Å². The molecule has 0 aliphatic rings. The van der Waals surface area contributed by atoms with Gasteiger partial charge in [0.05, 0.1) is 5.02 Å². The van der Waals surface area contributed by atoms with Crippen molar-refractivity contribution in [2.45, 2.75) is 32.9 Å². The van der Waals surface area contributed by atoms with Crippen molar-refractivity contribution in [2.75, 3.05) is 5.23 Å². The smallest absolute Gasteiger partial charge is 0.407 e. The van der Waals surface area contributed by atoms with Gasteiger partial charge in [0.15, 0.2) is 0 Å². The second kappa shape index (κ2) is 6.10. The van der Waals surface area contributed by atoms with Crippen LogP contribution in [-0.2, 0) is 11.3 Å². The number of benzene rings is 1. The summed E-state index contributed by atoms with van der Waals surface area (Å²) >= 11 is 5.69. The average molecular weight is 287 g/mol. The van der Waals surface area contributed by atoms with E-state index in [0.717, 1.165) is 0 Å². The number of halogens is 1. The van der Waals surface area contributed by atoms with E-state index >= 15 is 0 Å². The molecule has 0 aliphatic carbocycles. The van der Waals surface area contributed by atoms with Crippen LogP contribution >= 0.6 is 11.6 Å². The Hall–Kier alpha value is -1.50. The Kier molecular flexibility index (Phi) is 4.99. The molecule has 1 aromatic carbocycles. The molecule has 19 heavy (non-hydrogen) atoms. The molecule has 0 bridgehead atoms. The van der Waals surface area contributed by atoms with Crippen molar-refractivity contribution in [3.8, 4) is 0 Å². The standard InChI is InChI=1S/C12H15ClN2O4/c1-12(2,3)19-11(16)14-7-8-4-5-9(13)10(6-8)15(17)18/h4-6H,7H2,1-3H3,(H,14,16)/q-2. The van der Waals surface area contributed by atoms with E-state index < -0.39 is 16.9 Å². The highest BCUT2D eigenvalue weighted by molar-refractivity contribution is 6.33. The van der Waals surface area contributed by atoms with Gasteiger partial charge < -0.3 is 25.7 Å². The molecule has 0 spiro atoms. The molecule has 1 amide bonds. The zero-order valence-corrected chi connectivity index (χ0v) is 11.7. The summed E-state index contributed by atoms with van der Waals surface area (Å²) in [6.07, 6.45) is -0.579. The fourth-order valence-electron chi connectivity index (χ4n) is 1.30. The lowest BCUT2D eigenvalue weighted by atomic mass is 10.2. The van der Waals surface area contributed by atoms with Crippen LogP contribution in [0.2, 0.25) is 5.02 Å². The largest absolute Gasteiger partial charge is 0.769 e. The minimum atomic E-state index is -0.587. The van der Waals surface area contributed by atoms with Crippen molar-refractivity contribution in [3.63, 3.8) is 0 Å². The molecule has 0 saturated heterocycles. The van der Waals surface area contributed by atoms with E-state index in [0.29, 0.717) is 5.56 Å². The van der Waals surface area contributed by atoms with Crippen LogP contribution in [0.1, 0.15) is 26.3 Å². The molecule has 6 nitrogen and oxygen atoms in total. The monoisotopic (exact) mass is 286 g/mol. The summed E-state index contributed by atoms with van der Waals surface area (Å²) in [5.41, 5.74) is -0.206. The predicted octanol–water partition coefficient (Wildman–Crippen LogP) is 3.17. The maximum atomic E-state index is 11.4. The lowest BCUT2D eigenvalue weighted by molar-refractivity contribution is 0.0523. The second-order valence-corrected chi connectivity index (χ2v) is 5.31. The number of ether oxygens (including phenoxy) is 1. The summed E-state index contributed by atoms with van der Waals surface area (Å²) in [6.45, 7) is 5.38. The molecule has 0 aliphatic heterocycles. The zero-order valence-electron chi connectivity index (χ0n) is 10.9. The Morgan fingerprint density at radius 3 is 2.58 bits per heavy atom. The van der Waals surface area contributed by atoms with Gasteiger partial charge in [0.25, 0.3) is 0 Å². The lowest BCUT2D eigenvalue weighted by Crippen LogP contribution is -2.32. The van der Waals surface area contributed by atoms with Gasteiger partial charge in [-0.2, -0.15) is 0 Å². The number of hydrogen-bond acceptors (Lipinski definition) is 5. The second-order valence-electron chi connectivity index (χ2n) is 4.90. The number of nitrogens with zero attached hydrogens (tertiary/aromatic N) is 1. The molecule has 0 aromatic heterocycles. The van der Waals surface area contributed by atoms with Crippen molar-refractivity contribution >= 4 is 23.4 Å². The third-order valence-corrected chi connectivity index (χ3v) is 2.36. The summed E-state index contributed by atoms with van der Waals surface area (Å²) in [5.74, 6) is 0. The first-order chi connectivity index (χ1) is 8.69. The van der Waals surface area contributed by atoms with Crippen molar-refractivity contribution in [1.82, 2.24) is 5.32 Å². The lowest BCUT2D eigenvalue weighted by Gasteiger charge is -2.38. The van der Waals surface area contributed by atoms with Gasteiger partial charge in [-0.05, 0) is 38.5 Å². The molecule has 1 rings (SSSR count). The molecule has 0 heterocycles. The highest BCUT2D eigenvalue weighted by Crippen LogP contribution is 2.25.